The Labute approximate surface area is 144 Å². The van der Waals surface area contributed by atoms with E-state index in [1.165, 1.54) is 0 Å². The molecule has 0 aliphatic heterocycles. The summed E-state index contributed by atoms with van der Waals surface area (Å²) in [4.78, 5) is 21.9. The van der Waals surface area contributed by atoms with Crippen LogP contribution >= 0.6 is 0 Å². The lowest BCUT2D eigenvalue weighted by atomic mass is 10.1. The Morgan fingerprint density at radius 1 is 0.920 bits per heavy atom. The summed E-state index contributed by atoms with van der Waals surface area (Å²) in [5.41, 5.74) is 6.39. The van der Waals surface area contributed by atoms with E-state index >= 15 is 0 Å². The van der Waals surface area contributed by atoms with Gasteiger partial charge >= 0.3 is 11.9 Å². The van der Waals surface area contributed by atoms with Crippen LogP contribution in [0.25, 0.3) is 0 Å². The molecule has 0 saturated carbocycles. The summed E-state index contributed by atoms with van der Waals surface area (Å²) in [6.45, 7) is 0.409. The number of carboxylic acid groups (broad SMARTS) is 2. The molecule has 0 heterocycles. The number of rotatable bonds is 9. The van der Waals surface area contributed by atoms with Crippen molar-refractivity contribution in [3.8, 4) is 11.5 Å². The average Bonchev–Trinajstić information content (AvgIpc) is 2.61. The Balaban J connectivity index is 1.93. The maximum absolute atomic E-state index is 11.2. The first kappa shape index (κ1) is 18.3. The molecular weight excluding hydrogens is 326 g/mol. The molecule has 0 radical (unpaired) electrons. The van der Waals surface area contributed by atoms with Gasteiger partial charge in [-0.05, 0) is 29.8 Å². The van der Waals surface area contributed by atoms with Crippen molar-refractivity contribution >= 4 is 11.9 Å². The lowest BCUT2D eigenvalue weighted by Gasteiger charge is -2.17. The van der Waals surface area contributed by atoms with E-state index in [4.69, 9.17) is 25.4 Å². The molecule has 0 aliphatic carbocycles. The summed E-state index contributed by atoms with van der Waals surface area (Å²) < 4.78 is 10.9. The molecule has 7 nitrogen and oxygen atoms in total. The first-order chi connectivity index (χ1) is 12.0. The highest BCUT2D eigenvalue weighted by molar-refractivity contribution is 5.77. The summed E-state index contributed by atoms with van der Waals surface area (Å²) in [5, 5.41) is 17.9. The second kappa shape index (κ2) is 8.70. The molecule has 2 rings (SSSR count). The minimum absolute atomic E-state index is 0.289. The lowest BCUT2D eigenvalue weighted by Crippen LogP contribution is -2.39. The fourth-order valence-electron chi connectivity index (χ4n) is 2.05. The number of carbonyl (C=O) groups is 2. The quantitative estimate of drug-likeness (QED) is 0.635. The molecule has 25 heavy (non-hydrogen) atoms. The van der Waals surface area contributed by atoms with E-state index in [9.17, 15) is 9.59 Å². The van der Waals surface area contributed by atoms with Crippen LogP contribution in [0, 0.1) is 0 Å². The van der Waals surface area contributed by atoms with Gasteiger partial charge in [0.15, 0.2) is 6.10 Å². The van der Waals surface area contributed by atoms with Gasteiger partial charge in [0.1, 0.15) is 24.1 Å². The van der Waals surface area contributed by atoms with E-state index in [1.54, 1.807) is 24.3 Å². The number of hydrogen-bond donors (Lipinski definition) is 3. The molecule has 0 spiro atoms. The van der Waals surface area contributed by atoms with Gasteiger partial charge in [-0.1, -0.05) is 30.3 Å². The summed E-state index contributed by atoms with van der Waals surface area (Å²) in [6, 6.07) is 14.8. The third kappa shape index (κ3) is 5.82. The summed E-state index contributed by atoms with van der Waals surface area (Å²) >= 11 is 0. The van der Waals surface area contributed by atoms with E-state index in [0.29, 0.717) is 12.4 Å². The second-order valence-corrected chi connectivity index (χ2v) is 5.37. The Morgan fingerprint density at radius 2 is 1.52 bits per heavy atom. The van der Waals surface area contributed by atoms with Crippen molar-refractivity contribution in [2.45, 2.75) is 25.2 Å². The third-order valence-electron chi connectivity index (χ3n) is 3.41. The Hall–Kier alpha value is -3.06. The van der Waals surface area contributed by atoms with Crippen molar-refractivity contribution in [3.05, 3.63) is 60.2 Å². The Morgan fingerprint density at radius 3 is 2.08 bits per heavy atom. The number of ether oxygens (including phenoxy) is 2. The van der Waals surface area contributed by atoms with Crippen molar-refractivity contribution in [3.63, 3.8) is 0 Å². The zero-order valence-electron chi connectivity index (χ0n) is 13.4. The number of hydrogen-bond acceptors (Lipinski definition) is 5. The van der Waals surface area contributed by atoms with Crippen LogP contribution < -0.4 is 15.2 Å². The van der Waals surface area contributed by atoms with Gasteiger partial charge in [-0.25, -0.2) is 4.79 Å². The van der Waals surface area contributed by atoms with Crippen LogP contribution in [0.4, 0.5) is 0 Å². The van der Waals surface area contributed by atoms with Crippen LogP contribution in [0.2, 0.25) is 0 Å². The van der Waals surface area contributed by atoms with Crippen LogP contribution in [-0.4, -0.2) is 34.3 Å². The smallest absolute Gasteiger partial charge is 0.344 e. The van der Waals surface area contributed by atoms with Gasteiger partial charge in [0, 0.05) is 6.42 Å². The van der Waals surface area contributed by atoms with Gasteiger partial charge in [-0.3, -0.25) is 4.79 Å². The van der Waals surface area contributed by atoms with E-state index in [0.717, 1.165) is 5.56 Å². The van der Waals surface area contributed by atoms with E-state index < -0.39 is 24.1 Å². The van der Waals surface area contributed by atoms with Gasteiger partial charge in [0.2, 0.25) is 0 Å². The molecule has 2 aromatic rings. The van der Waals surface area contributed by atoms with E-state index in [-0.39, 0.29) is 12.2 Å². The molecule has 0 aromatic heterocycles. The maximum atomic E-state index is 11.2. The third-order valence-corrected chi connectivity index (χ3v) is 3.41. The maximum Gasteiger partial charge on any atom is 0.344 e. The van der Waals surface area contributed by atoms with Gasteiger partial charge < -0.3 is 25.4 Å². The minimum Gasteiger partial charge on any atom is -0.489 e. The molecule has 2 aromatic carbocycles. The van der Waals surface area contributed by atoms with Crippen molar-refractivity contribution in [1.82, 2.24) is 0 Å². The van der Waals surface area contributed by atoms with Crippen molar-refractivity contribution in [1.29, 1.82) is 0 Å². The highest BCUT2D eigenvalue weighted by Gasteiger charge is 2.26. The van der Waals surface area contributed by atoms with Crippen molar-refractivity contribution < 1.29 is 29.3 Å². The SMILES string of the molecule is NC(CC(Oc1ccc(OCc2ccccc2)cc1)C(=O)O)C(=O)O. The predicted molar refractivity (Wildman–Crippen MR) is 89.5 cm³/mol. The normalized spacial score (nSPS) is 12.8. The summed E-state index contributed by atoms with van der Waals surface area (Å²) in [7, 11) is 0. The monoisotopic (exact) mass is 345 g/mol. The molecule has 0 fully saturated rings. The highest BCUT2D eigenvalue weighted by atomic mass is 16.5. The zero-order valence-corrected chi connectivity index (χ0v) is 13.4. The molecule has 0 amide bonds. The number of aliphatic carboxylic acids is 2. The first-order valence-corrected chi connectivity index (χ1v) is 7.60. The van der Waals surface area contributed by atoms with Crippen molar-refractivity contribution in [2.75, 3.05) is 0 Å². The van der Waals surface area contributed by atoms with Gasteiger partial charge in [-0.15, -0.1) is 0 Å². The van der Waals surface area contributed by atoms with Crippen LogP contribution in [0.1, 0.15) is 12.0 Å². The lowest BCUT2D eigenvalue weighted by molar-refractivity contribution is -0.146. The van der Waals surface area contributed by atoms with Gasteiger partial charge in [-0.2, -0.15) is 0 Å². The fraction of sp³-hybridized carbons (Fsp3) is 0.222. The number of benzene rings is 2. The fourth-order valence-corrected chi connectivity index (χ4v) is 2.05. The zero-order chi connectivity index (χ0) is 18.2. The average molecular weight is 345 g/mol. The van der Waals surface area contributed by atoms with Crippen LogP contribution in [-0.2, 0) is 16.2 Å². The van der Waals surface area contributed by atoms with Crippen LogP contribution in [0.15, 0.2) is 54.6 Å². The molecule has 2 unspecified atom stereocenters. The Bertz CT molecular complexity index is 701. The summed E-state index contributed by atoms with van der Waals surface area (Å²) in [6.07, 6.45) is -1.68. The second-order valence-electron chi connectivity index (χ2n) is 5.37. The Kier molecular flexibility index (Phi) is 6.36. The van der Waals surface area contributed by atoms with Gasteiger partial charge in [0.05, 0.1) is 0 Å². The van der Waals surface area contributed by atoms with E-state index in [2.05, 4.69) is 0 Å². The standard InChI is InChI=1S/C18H19NO6/c19-15(17(20)21)10-16(18(22)23)25-14-8-6-13(7-9-14)24-11-12-4-2-1-3-5-12/h1-9,15-16H,10-11,19H2,(H,20,21)(H,22,23). The minimum atomic E-state index is -1.35. The largest absolute Gasteiger partial charge is 0.489 e. The van der Waals surface area contributed by atoms with Crippen LogP contribution in [0.5, 0.6) is 11.5 Å². The molecule has 132 valence electrons. The van der Waals surface area contributed by atoms with Gasteiger partial charge in [0.25, 0.3) is 0 Å². The number of carboxylic acids is 2. The molecule has 0 bridgehead atoms. The van der Waals surface area contributed by atoms with Crippen LogP contribution in [0.3, 0.4) is 0 Å². The topological polar surface area (TPSA) is 119 Å². The predicted octanol–water partition coefficient (Wildman–Crippen LogP) is 1.90. The molecule has 0 saturated heterocycles. The van der Waals surface area contributed by atoms with E-state index in [1.807, 2.05) is 30.3 Å². The highest BCUT2D eigenvalue weighted by Crippen LogP contribution is 2.20. The molecular formula is C18H19NO6. The first-order valence-electron chi connectivity index (χ1n) is 7.60. The molecule has 2 atom stereocenters. The molecule has 0 aliphatic rings. The number of nitrogens with two attached hydrogens (primary N) is 1. The van der Waals surface area contributed by atoms with Crippen molar-refractivity contribution in [2.24, 2.45) is 5.73 Å². The molecule has 7 heteroatoms. The summed E-state index contributed by atoms with van der Waals surface area (Å²) in [5.74, 6) is -1.66. The molecule has 4 N–H and O–H groups in total.